The van der Waals surface area contributed by atoms with Gasteiger partial charge in [-0.2, -0.15) is 0 Å². The van der Waals surface area contributed by atoms with Crippen LogP contribution in [0.2, 0.25) is 0 Å². The van der Waals surface area contributed by atoms with Crippen molar-refractivity contribution in [1.29, 1.82) is 0 Å². The summed E-state index contributed by atoms with van der Waals surface area (Å²) < 4.78 is 32.9. The summed E-state index contributed by atoms with van der Waals surface area (Å²) in [4.78, 5) is 1.18. The van der Waals surface area contributed by atoms with Crippen LogP contribution in [0.1, 0.15) is 17.0 Å². The summed E-state index contributed by atoms with van der Waals surface area (Å²) in [5.74, 6) is 0.860. The van der Waals surface area contributed by atoms with E-state index in [1.165, 1.54) is 11.3 Å². The summed E-state index contributed by atoms with van der Waals surface area (Å²) >= 11 is 1.51. The highest BCUT2D eigenvalue weighted by molar-refractivity contribution is 7.89. The molecule has 126 valence electrons. The van der Waals surface area contributed by atoms with Crippen LogP contribution in [0.15, 0.2) is 45.0 Å². The maximum atomic E-state index is 12.4. The lowest BCUT2D eigenvalue weighted by Gasteiger charge is -2.09. The molecule has 1 N–H and O–H groups in total. The van der Waals surface area contributed by atoms with E-state index >= 15 is 0 Å². The number of thiophene rings is 1. The minimum Gasteiger partial charge on any atom is -0.420 e. The highest BCUT2D eigenvalue weighted by Gasteiger charge is 2.17. The van der Waals surface area contributed by atoms with Crippen molar-refractivity contribution in [2.45, 2.75) is 25.2 Å². The van der Waals surface area contributed by atoms with E-state index in [0.29, 0.717) is 18.2 Å². The SMILES string of the molecule is Cc1ccc(S(=O)(=O)NCCc2nnc(-c3cccs3)o2)c(C)c1. The molecule has 0 aliphatic carbocycles. The van der Waals surface area contributed by atoms with Crippen molar-refractivity contribution >= 4 is 21.4 Å². The third kappa shape index (κ3) is 3.72. The average Bonchev–Trinajstić information content (AvgIpc) is 3.17. The second kappa shape index (κ2) is 6.84. The molecule has 0 atom stereocenters. The summed E-state index contributed by atoms with van der Waals surface area (Å²) in [7, 11) is -3.55. The van der Waals surface area contributed by atoms with Gasteiger partial charge in [-0.3, -0.25) is 0 Å². The highest BCUT2D eigenvalue weighted by Crippen LogP contribution is 2.23. The fourth-order valence-electron chi connectivity index (χ4n) is 2.33. The Labute approximate surface area is 144 Å². The minimum absolute atomic E-state index is 0.196. The first-order valence-electron chi connectivity index (χ1n) is 7.39. The van der Waals surface area contributed by atoms with Crippen LogP contribution in [0.4, 0.5) is 0 Å². The maximum absolute atomic E-state index is 12.4. The van der Waals surface area contributed by atoms with Gasteiger partial charge in [-0.25, -0.2) is 13.1 Å². The smallest absolute Gasteiger partial charge is 0.257 e. The van der Waals surface area contributed by atoms with Crippen LogP contribution in [0.3, 0.4) is 0 Å². The largest absolute Gasteiger partial charge is 0.420 e. The number of hydrogen-bond acceptors (Lipinski definition) is 6. The molecule has 0 spiro atoms. The normalized spacial score (nSPS) is 11.8. The Morgan fingerprint density at radius 3 is 2.75 bits per heavy atom. The monoisotopic (exact) mass is 363 g/mol. The zero-order chi connectivity index (χ0) is 17.2. The first-order chi connectivity index (χ1) is 11.5. The van der Waals surface area contributed by atoms with Gasteiger partial charge in [-0.15, -0.1) is 21.5 Å². The molecule has 0 aliphatic heterocycles. The summed E-state index contributed by atoms with van der Waals surface area (Å²) in [5.41, 5.74) is 1.75. The fraction of sp³-hybridized carbons (Fsp3) is 0.250. The van der Waals surface area contributed by atoms with E-state index in [2.05, 4.69) is 14.9 Å². The molecule has 24 heavy (non-hydrogen) atoms. The Kier molecular flexibility index (Phi) is 4.79. The van der Waals surface area contributed by atoms with Gasteiger partial charge >= 0.3 is 0 Å². The van der Waals surface area contributed by atoms with Crippen LogP contribution in [-0.2, 0) is 16.4 Å². The number of rotatable bonds is 6. The average molecular weight is 363 g/mol. The molecule has 8 heteroatoms. The quantitative estimate of drug-likeness (QED) is 0.728. The maximum Gasteiger partial charge on any atom is 0.257 e. The number of benzene rings is 1. The molecule has 0 bridgehead atoms. The summed E-state index contributed by atoms with van der Waals surface area (Å²) in [6.45, 7) is 3.91. The van der Waals surface area contributed by atoms with Gasteiger partial charge < -0.3 is 4.42 Å². The van der Waals surface area contributed by atoms with Crippen molar-refractivity contribution < 1.29 is 12.8 Å². The Bertz CT molecular complexity index is 931. The first-order valence-corrected chi connectivity index (χ1v) is 9.75. The van der Waals surface area contributed by atoms with Crippen LogP contribution in [0.25, 0.3) is 10.8 Å². The third-order valence-electron chi connectivity index (χ3n) is 3.45. The first kappa shape index (κ1) is 16.8. The molecule has 0 aliphatic rings. The number of hydrogen-bond donors (Lipinski definition) is 1. The lowest BCUT2D eigenvalue weighted by Crippen LogP contribution is -2.26. The van der Waals surface area contributed by atoms with Gasteiger partial charge in [0.2, 0.25) is 15.9 Å². The van der Waals surface area contributed by atoms with E-state index in [1.54, 1.807) is 19.1 Å². The molecule has 6 nitrogen and oxygen atoms in total. The van der Waals surface area contributed by atoms with E-state index in [9.17, 15) is 8.42 Å². The summed E-state index contributed by atoms with van der Waals surface area (Å²) in [5, 5.41) is 9.85. The number of nitrogens with one attached hydrogen (secondary N) is 1. The summed E-state index contributed by atoms with van der Waals surface area (Å²) in [6.07, 6.45) is 0.336. The van der Waals surface area contributed by atoms with Crippen molar-refractivity contribution in [3.05, 3.63) is 52.7 Å². The Hall–Kier alpha value is -2.03. The number of aryl methyl sites for hydroxylation is 2. The zero-order valence-electron chi connectivity index (χ0n) is 13.3. The molecule has 0 saturated carbocycles. The molecule has 2 heterocycles. The second-order valence-electron chi connectivity index (χ2n) is 5.39. The summed E-state index contributed by atoms with van der Waals surface area (Å²) in [6, 6.07) is 9.05. The van der Waals surface area contributed by atoms with E-state index < -0.39 is 10.0 Å². The van der Waals surface area contributed by atoms with Gasteiger partial charge in [-0.1, -0.05) is 23.8 Å². The third-order valence-corrected chi connectivity index (χ3v) is 5.93. The molecule has 1 aromatic carbocycles. The highest BCUT2D eigenvalue weighted by atomic mass is 32.2. The molecule has 2 aromatic heterocycles. The van der Waals surface area contributed by atoms with Crippen LogP contribution >= 0.6 is 11.3 Å². The zero-order valence-corrected chi connectivity index (χ0v) is 14.9. The van der Waals surface area contributed by atoms with Crippen LogP contribution in [0, 0.1) is 13.8 Å². The van der Waals surface area contributed by atoms with Crippen LogP contribution in [-0.4, -0.2) is 25.2 Å². The van der Waals surface area contributed by atoms with Crippen LogP contribution < -0.4 is 4.72 Å². The molecule has 3 rings (SSSR count). The predicted octanol–water partition coefficient (Wildman–Crippen LogP) is 2.94. The number of sulfonamides is 1. The van der Waals surface area contributed by atoms with Crippen molar-refractivity contribution in [2.75, 3.05) is 6.54 Å². The Morgan fingerprint density at radius 2 is 2.04 bits per heavy atom. The van der Waals surface area contributed by atoms with Gasteiger partial charge in [0.15, 0.2) is 0 Å². The number of nitrogens with zero attached hydrogens (tertiary/aromatic N) is 2. The van der Waals surface area contributed by atoms with Crippen LogP contribution in [0.5, 0.6) is 0 Å². The van der Waals surface area contributed by atoms with Crippen molar-refractivity contribution in [3.8, 4) is 10.8 Å². The molecule has 0 radical (unpaired) electrons. The minimum atomic E-state index is -3.55. The molecular formula is C16H17N3O3S2. The van der Waals surface area contributed by atoms with E-state index in [1.807, 2.05) is 30.5 Å². The predicted molar refractivity (Wildman–Crippen MR) is 92.4 cm³/mol. The molecule has 0 saturated heterocycles. The molecule has 0 unspecified atom stereocenters. The Balaban J connectivity index is 1.63. The molecule has 3 aromatic rings. The van der Waals surface area contributed by atoms with Gasteiger partial charge in [0.1, 0.15) is 0 Å². The van der Waals surface area contributed by atoms with Gasteiger partial charge in [-0.05, 0) is 36.9 Å². The van der Waals surface area contributed by atoms with E-state index in [0.717, 1.165) is 16.0 Å². The van der Waals surface area contributed by atoms with Crippen molar-refractivity contribution in [2.24, 2.45) is 0 Å². The second-order valence-corrected chi connectivity index (χ2v) is 8.08. The van der Waals surface area contributed by atoms with Crippen molar-refractivity contribution in [3.63, 3.8) is 0 Å². The fourth-order valence-corrected chi connectivity index (χ4v) is 4.23. The molecular weight excluding hydrogens is 346 g/mol. The van der Waals surface area contributed by atoms with Gasteiger partial charge in [0, 0.05) is 13.0 Å². The van der Waals surface area contributed by atoms with Crippen molar-refractivity contribution in [1.82, 2.24) is 14.9 Å². The van der Waals surface area contributed by atoms with E-state index in [4.69, 9.17) is 4.42 Å². The number of aromatic nitrogens is 2. The molecule has 0 amide bonds. The molecule has 0 fully saturated rings. The van der Waals surface area contributed by atoms with E-state index in [-0.39, 0.29) is 11.4 Å². The lowest BCUT2D eigenvalue weighted by molar-refractivity contribution is 0.503. The van der Waals surface area contributed by atoms with Gasteiger partial charge in [0.05, 0.1) is 9.77 Å². The standard InChI is InChI=1S/C16H17N3O3S2/c1-11-5-6-14(12(2)10-11)24(20,21)17-8-7-15-18-19-16(22-15)13-4-3-9-23-13/h3-6,9-10,17H,7-8H2,1-2H3. The Morgan fingerprint density at radius 1 is 1.21 bits per heavy atom. The van der Waals surface area contributed by atoms with Gasteiger partial charge in [0.25, 0.3) is 5.89 Å². The topological polar surface area (TPSA) is 85.1 Å². The lowest BCUT2D eigenvalue weighted by atomic mass is 10.2.